The Balaban J connectivity index is 1.01. The van der Waals surface area contributed by atoms with E-state index in [1.54, 1.807) is 0 Å². The average Bonchev–Trinajstić information content (AvgIpc) is 4.20. The highest BCUT2D eigenvalue weighted by molar-refractivity contribution is 7.48. The number of nitriles is 3. The molecule has 76 heavy (non-hydrogen) atoms. The summed E-state index contributed by atoms with van der Waals surface area (Å²) in [4.78, 5) is 12.1. The van der Waals surface area contributed by atoms with Gasteiger partial charge in [-0.1, -0.05) is 103 Å². The number of fused-ring (bicyclic) bond motifs is 2. The van der Waals surface area contributed by atoms with E-state index < -0.39 is 81.6 Å². The predicted octanol–water partition coefficient (Wildman–Crippen LogP) is 5.47. The Morgan fingerprint density at radius 3 is 1.61 bits per heavy atom. The zero-order chi connectivity index (χ0) is 54.1. The number of aliphatic hydroxyl groups is 4. The fourth-order valence-electron chi connectivity index (χ4n) is 9.51. The lowest BCUT2D eigenvalue weighted by atomic mass is 9.92. The normalized spacial score (nSPS) is 23.9. The van der Waals surface area contributed by atoms with Gasteiger partial charge in [0.15, 0.2) is 11.6 Å². The Morgan fingerprint density at radius 2 is 1.14 bits per heavy atom. The topological polar surface area (TPSA) is 359 Å². The van der Waals surface area contributed by atoms with Crippen LogP contribution in [0.25, 0.3) is 11.0 Å². The van der Waals surface area contributed by atoms with Gasteiger partial charge in [-0.15, -0.1) is 0 Å². The molecule has 7 heterocycles. The summed E-state index contributed by atoms with van der Waals surface area (Å²) in [6, 6.07) is 14.6. The van der Waals surface area contributed by atoms with Gasteiger partial charge in [0.05, 0.1) is 49.4 Å². The number of pyridine rings is 1. The fourth-order valence-corrected chi connectivity index (χ4v) is 10.7. The predicted molar refractivity (Wildman–Crippen MR) is 272 cm³/mol. The van der Waals surface area contributed by atoms with Crippen LogP contribution >= 0.6 is 7.82 Å². The van der Waals surface area contributed by atoms with E-state index in [4.69, 9.17) is 44.0 Å². The minimum Gasteiger partial charge on any atom is -0.469 e. The molecule has 2 aliphatic heterocycles. The van der Waals surface area contributed by atoms with Gasteiger partial charge < -0.3 is 50.8 Å². The molecule has 2 aliphatic rings. The van der Waals surface area contributed by atoms with Crippen molar-refractivity contribution in [2.45, 2.75) is 164 Å². The van der Waals surface area contributed by atoms with Crippen LogP contribution in [0, 0.1) is 34.0 Å². The first-order valence-corrected chi connectivity index (χ1v) is 27.5. The molecule has 24 nitrogen and oxygen atoms in total. The number of aliphatic hydroxyl groups excluding tert-OH is 4. The molecule has 7 rings (SSSR count). The second-order valence-corrected chi connectivity index (χ2v) is 20.8. The number of phosphoric ester groups is 1. The number of nitrogens with two attached hydrogens (primary N) is 2. The summed E-state index contributed by atoms with van der Waals surface area (Å²) < 4.78 is 59.1. The fraction of sp³-hybridized carbons (Fsp3) is 0.608. The van der Waals surface area contributed by atoms with Crippen molar-refractivity contribution < 1.29 is 57.5 Å². The van der Waals surface area contributed by atoms with Gasteiger partial charge in [0, 0.05) is 18.9 Å². The molecular formula is C51H69N12O12P. The molecule has 0 aliphatic carbocycles. The third-order valence-corrected chi connectivity index (χ3v) is 15.2. The minimum absolute atomic E-state index is 0.00527. The largest absolute Gasteiger partial charge is 0.475 e. The van der Waals surface area contributed by atoms with Crippen molar-refractivity contribution in [3.05, 3.63) is 72.2 Å². The van der Waals surface area contributed by atoms with Crippen LogP contribution in [-0.2, 0) is 43.5 Å². The number of hydrogen-bond donors (Lipinski definition) is 6. The number of rotatable bonds is 32. The van der Waals surface area contributed by atoms with E-state index in [2.05, 4.69) is 32.1 Å². The standard InChI is InChI=1S/C51H69N12O12P/c1-2-3-4-5-6-7-8-9-10-11-12-13-14-15-16-17-24-69-27-36(73-43-25-35(26-52)22-23-57-43)28-70-76(68,71-29-39-44(64)46(66)50(31-53,74-39)41-20-18-37-48(55)58-33-60-62(37)41)72-30-40-45(65)47(67)51(32-54,75-40)42-21-19-38-49(56)59-34-61-63(38)42/h18-23,25,33-34,36,39-40,44-47,64-67H,2-17,24,27-30H2,1H3,(H2,55,58,60)(H2,56,59,61)/t36-,39-,40-,44-,45-,46-,47-,50+,51+/m1/s1. The second-order valence-electron chi connectivity index (χ2n) is 19.1. The molecule has 0 amide bonds. The molecule has 2 saturated heterocycles. The number of anilines is 2. The Bertz CT molecular complexity index is 2710. The van der Waals surface area contributed by atoms with Crippen LogP contribution in [0.4, 0.5) is 11.6 Å². The van der Waals surface area contributed by atoms with E-state index in [1.165, 1.54) is 129 Å². The van der Waals surface area contributed by atoms with Crippen molar-refractivity contribution >= 4 is 30.5 Å². The van der Waals surface area contributed by atoms with Crippen LogP contribution < -0.4 is 16.2 Å². The van der Waals surface area contributed by atoms with Gasteiger partial charge >= 0.3 is 7.82 Å². The number of hydrogen-bond acceptors (Lipinski definition) is 22. The van der Waals surface area contributed by atoms with E-state index in [0.29, 0.717) is 6.61 Å². The first-order valence-electron chi connectivity index (χ1n) is 26.1. The van der Waals surface area contributed by atoms with Crippen molar-refractivity contribution in [1.29, 1.82) is 15.8 Å². The summed E-state index contributed by atoms with van der Waals surface area (Å²) in [5.41, 5.74) is 8.33. The lowest BCUT2D eigenvalue weighted by Crippen LogP contribution is -2.41. The quantitative estimate of drug-likeness (QED) is 0.0230. The monoisotopic (exact) mass is 1070 g/mol. The van der Waals surface area contributed by atoms with Gasteiger partial charge in [0.25, 0.3) is 0 Å². The van der Waals surface area contributed by atoms with Crippen LogP contribution in [0.5, 0.6) is 5.88 Å². The first-order chi connectivity index (χ1) is 36.8. The Morgan fingerprint density at radius 1 is 0.671 bits per heavy atom. The van der Waals surface area contributed by atoms with Gasteiger partial charge in [-0.2, -0.15) is 26.0 Å². The molecule has 2 fully saturated rings. The van der Waals surface area contributed by atoms with E-state index in [-0.39, 0.29) is 52.1 Å². The van der Waals surface area contributed by atoms with E-state index in [0.717, 1.165) is 38.3 Å². The molecule has 0 radical (unpaired) electrons. The van der Waals surface area contributed by atoms with Crippen molar-refractivity contribution in [2.24, 2.45) is 0 Å². The summed E-state index contributed by atoms with van der Waals surface area (Å²) in [6.07, 6.45) is 11.5. The van der Waals surface area contributed by atoms with Crippen molar-refractivity contribution in [1.82, 2.24) is 34.2 Å². The minimum atomic E-state index is -4.99. The Hall–Kier alpha value is -5.91. The molecule has 0 aromatic carbocycles. The molecular weight excluding hydrogens is 1000 g/mol. The highest BCUT2D eigenvalue weighted by atomic mass is 31.2. The van der Waals surface area contributed by atoms with E-state index >= 15 is 0 Å². The molecule has 5 aromatic heterocycles. The highest BCUT2D eigenvalue weighted by Crippen LogP contribution is 2.52. The number of ether oxygens (including phenoxy) is 4. The molecule has 0 spiro atoms. The van der Waals surface area contributed by atoms with Crippen molar-refractivity contribution in [3.63, 3.8) is 0 Å². The average molecular weight is 1070 g/mol. The number of nitrogen functional groups attached to an aromatic ring is 2. The third-order valence-electron chi connectivity index (χ3n) is 13.8. The van der Waals surface area contributed by atoms with Crippen molar-refractivity contribution in [3.8, 4) is 24.1 Å². The van der Waals surface area contributed by atoms with Gasteiger partial charge in [0.1, 0.15) is 78.6 Å². The lowest BCUT2D eigenvalue weighted by Gasteiger charge is -2.26. The van der Waals surface area contributed by atoms with Crippen LogP contribution in [0.15, 0.2) is 55.2 Å². The van der Waals surface area contributed by atoms with Crippen LogP contribution in [0.2, 0.25) is 0 Å². The van der Waals surface area contributed by atoms with Crippen LogP contribution in [-0.4, -0.2) is 130 Å². The molecule has 9 atom stereocenters. The first kappa shape index (κ1) is 57.8. The van der Waals surface area contributed by atoms with Crippen LogP contribution in [0.1, 0.15) is 127 Å². The summed E-state index contributed by atoms with van der Waals surface area (Å²) in [6.45, 7) is 0.261. The zero-order valence-corrected chi connectivity index (χ0v) is 43.6. The maximum Gasteiger partial charge on any atom is 0.475 e. The summed E-state index contributed by atoms with van der Waals surface area (Å²) in [7, 11) is -4.99. The molecule has 0 bridgehead atoms. The van der Waals surface area contributed by atoms with Gasteiger partial charge in [0.2, 0.25) is 17.1 Å². The summed E-state index contributed by atoms with van der Waals surface area (Å²) >= 11 is 0. The van der Waals surface area contributed by atoms with Gasteiger partial charge in [-0.3, -0.25) is 13.6 Å². The second kappa shape index (κ2) is 27.4. The van der Waals surface area contributed by atoms with Crippen LogP contribution in [0.3, 0.4) is 0 Å². The molecule has 8 N–H and O–H groups in total. The SMILES string of the molecule is CCCCCCCCCCCCCCCCCCOC[C@H](COP(=O)(OC[C@H]1O[C@@](C#N)(c2ccc3c(N)ncnn23)[C@H](O)[C@@H]1O)OC[C@H]1O[C@@](C#N)(c2ccc3c(N)ncnn23)[C@H](O)[C@@H]1O)Oc1cc(C#N)ccn1. The molecule has 5 aromatic rings. The molecule has 0 saturated carbocycles. The molecule has 25 heteroatoms. The van der Waals surface area contributed by atoms with Crippen molar-refractivity contribution in [2.75, 3.05) is 44.5 Å². The third kappa shape index (κ3) is 13.6. The maximum absolute atomic E-state index is 14.9. The van der Waals surface area contributed by atoms with E-state index in [9.17, 15) is 40.8 Å². The summed E-state index contributed by atoms with van der Waals surface area (Å²) in [5.74, 6) is 0.157. The molecule has 410 valence electrons. The zero-order valence-electron chi connectivity index (χ0n) is 42.7. The number of nitrogens with zero attached hydrogens (tertiary/aromatic N) is 10. The van der Waals surface area contributed by atoms with Gasteiger partial charge in [-0.25, -0.2) is 28.5 Å². The number of aromatic nitrogens is 7. The summed E-state index contributed by atoms with van der Waals surface area (Å²) in [5, 5.41) is 84.3. The smallest absolute Gasteiger partial charge is 0.469 e. The number of phosphoric acid groups is 1. The lowest BCUT2D eigenvalue weighted by molar-refractivity contribution is -0.0757. The Labute approximate surface area is 441 Å². The maximum atomic E-state index is 14.9. The Kier molecular flexibility index (Phi) is 20.8. The number of unbranched alkanes of at least 4 members (excludes halogenated alkanes) is 15. The molecule has 0 unspecified atom stereocenters. The van der Waals surface area contributed by atoms with Gasteiger partial charge in [-0.05, 0) is 36.8 Å². The van der Waals surface area contributed by atoms with E-state index in [1.807, 2.05) is 18.2 Å². The highest BCUT2D eigenvalue weighted by Gasteiger charge is 2.59.